The molecule has 0 spiro atoms. The van der Waals surface area contributed by atoms with Crippen LogP contribution in [0.5, 0.6) is 0 Å². The molecule has 0 bridgehead atoms. The molecule has 1 heterocycles. The van der Waals surface area contributed by atoms with Gasteiger partial charge >= 0.3 is 17.9 Å². The highest BCUT2D eigenvalue weighted by Gasteiger charge is 2.29. The second kappa shape index (κ2) is 11.0. The number of carbonyl (C=O) groups excluding carboxylic acids is 4. The minimum atomic E-state index is -0.982. The van der Waals surface area contributed by atoms with Crippen molar-refractivity contribution in [3.8, 4) is 0 Å². The van der Waals surface area contributed by atoms with Gasteiger partial charge in [0.05, 0.1) is 35.2 Å². The Morgan fingerprint density at radius 3 is 2.03 bits per heavy atom. The number of hydrogen-bond donors (Lipinski definition) is 0. The molecular formula is C20H24N2O9. The Bertz CT molecular complexity index is 860. The molecule has 1 aliphatic rings. The number of rotatable bonds is 8. The molecule has 0 N–H and O–H groups in total. The van der Waals surface area contributed by atoms with E-state index in [-0.39, 0.29) is 29.6 Å². The highest BCUT2D eigenvalue weighted by atomic mass is 16.6. The van der Waals surface area contributed by atoms with Gasteiger partial charge in [-0.2, -0.15) is 0 Å². The molecular weight excluding hydrogens is 412 g/mol. The highest BCUT2D eigenvalue weighted by molar-refractivity contribution is 5.97. The second-order valence-electron chi connectivity index (χ2n) is 6.73. The van der Waals surface area contributed by atoms with E-state index in [1.165, 1.54) is 4.90 Å². The average Bonchev–Trinajstić information content (AvgIpc) is 2.77. The van der Waals surface area contributed by atoms with E-state index in [1.54, 1.807) is 13.8 Å². The minimum absolute atomic E-state index is 0.0582. The Kier molecular flexibility index (Phi) is 8.47. The SMILES string of the molecule is CCOC(=O)c1cc(C(=O)OCC(=O)N2CCC(C(=O)OCC)CC2)cc([N+](=O)[O-])c1. The number of esters is 3. The summed E-state index contributed by atoms with van der Waals surface area (Å²) in [7, 11) is 0. The smallest absolute Gasteiger partial charge is 0.338 e. The molecule has 0 radical (unpaired) electrons. The number of likely N-dealkylation sites (tertiary alicyclic amines) is 1. The van der Waals surface area contributed by atoms with Crippen LogP contribution in [0.15, 0.2) is 18.2 Å². The zero-order valence-electron chi connectivity index (χ0n) is 17.3. The monoisotopic (exact) mass is 436 g/mol. The van der Waals surface area contributed by atoms with Gasteiger partial charge < -0.3 is 19.1 Å². The van der Waals surface area contributed by atoms with Crippen LogP contribution in [0.25, 0.3) is 0 Å². The molecule has 0 aromatic heterocycles. The fourth-order valence-electron chi connectivity index (χ4n) is 3.09. The van der Waals surface area contributed by atoms with Crippen LogP contribution in [0.1, 0.15) is 47.4 Å². The first-order valence-corrected chi connectivity index (χ1v) is 9.84. The molecule has 2 rings (SSSR count). The van der Waals surface area contributed by atoms with Crippen molar-refractivity contribution in [3.63, 3.8) is 0 Å². The van der Waals surface area contributed by atoms with Gasteiger partial charge in [0.1, 0.15) is 0 Å². The minimum Gasteiger partial charge on any atom is -0.466 e. The molecule has 1 aromatic carbocycles. The third-order valence-electron chi connectivity index (χ3n) is 4.67. The van der Waals surface area contributed by atoms with E-state index in [4.69, 9.17) is 14.2 Å². The molecule has 0 unspecified atom stereocenters. The van der Waals surface area contributed by atoms with Gasteiger partial charge in [-0.25, -0.2) is 9.59 Å². The predicted molar refractivity (Wildman–Crippen MR) is 105 cm³/mol. The number of nitrogens with zero attached hydrogens (tertiary/aromatic N) is 2. The molecule has 168 valence electrons. The van der Waals surface area contributed by atoms with Crippen LogP contribution in [-0.4, -0.2) is 66.5 Å². The predicted octanol–water partition coefficient (Wildman–Crippen LogP) is 1.73. The van der Waals surface area contributed by atoms with E-state index < -0.39 is 35.1 Å². The number of carbonyl (C=O) groups is 4. The molecule has 31 heavy (non-hydrogen) atoms. The summed E-state index contributed by atoms with van der Waals surface area (Å²) >= 11 is 0. The van der Waals surface area contributed by atoms with Gasteiger partial charge in [0.25, 0.3) is 11.6 Å². The van der Waals surface area contributed by atoms with E-state index in [0.717, 1.165) is 18.2 Å². The van der Waals surface area contributed by atoms with Gasteiger partial charge in [0.2, 0.25) is 0 Å². The fourth-order valence-corrected chi connectivity index (χ4v) is 3.09. The highest BCUT2D eigenvalue weighted by Crippen LogP contribution is 2.20. The first-order chi connectivity index (χ1) is 14.8. The van der Waals surface area contributed by atoms with Gasteiger partial charge in [-0.1, -0.05) is 0 Å². The molecule has 0 saturated carbocycles. The summed E-state index contributed by atoms with van der Waals surface area (Å²) in [5, 5.41) is 11.1. The molecule has 1 fully saturated rings. The fraction of sp³-hybridized carbons (Fsp3) is 0.500. The van der Waals surface area contributed by atoms with Gasteiger partial charge in [-0.05, 0) is 32.8 Å². The molecule has 0 aliphatic carbocycles. The zero-order chi connectivity index (χ0) is 23.0. The summed E-state index contributed by atoms with van der Waals surface area (Å²) in [5.41, 5.74) is -0.897. The van der Waals surface area contributed by atoms with E-state index in [9.17, 15) is 29.3 Å². The Morgan fingerprint density at radius 1 is 0.968 bits per heavy atom. The molecule has 11 nitrogen and oxygen atoms in total. The summed E-state index contributed by atoms with van der Waals surface area (Å²) in [6, 6.07) is 3.07. The Morgan fingerprint density at radius 2 is 1.52 bits per heavy atom. The third kappa shape index (κ3) is 6.49. The number of non-ortho nitro benzene ring substituents is 1. The lowest BCUT2D eigenvalue weighted by atomic mass is 9.97. The summed E-state index contributed by atoms with van der Waals surface area (Å²) in [6.07, 6.45) is 0.901. The molecule has 1 aliphatic heterocycles. The first kappa shape index (κ1) is 23.8. The van der Waals surface area contributed by atoms with Crippen molar-refractivity contribution in [1.29, 1.82) is 0 Å². The van der Waals surface area contributed by atoms with Crippen molar-refractivity contribution in [2.75, 3.05) is 32.9 Å². The molecule has 1 amide bonds. The van der Waals surface area contributed by atoms with E-state index in [2.05, 4.69) is 0 Å². The van der Waals surface area contributed by atoms with Gasteiger partial charge in [0, 0.05) is 25.2 Å². The summed E-state index contributed by atoms with van der Waals surface area (Å²) < 4.78 is 14.8. The van der Waals surface area contributed by atoms with E-state index in [0.29, 0.717) is 32.5 Å². The van der Waals surface area contributed by atoms with Crippen LogP contribution in [0.2, 0.25) is 0 Å². The Labute approximate surface area is 178 Å². The van der Waals surface area contributed by atoms with Crippen LogP contribution in [0.3, 0.4) is 0 Å². The van der Waals surface area contributed by atoms with Crippen LogP contribution >= 0.6 is 0 Å². The number of amides is 1. The Balaban J connectivity index is 1.97. The molecule has 1 saturated heterocycles. The topological polar surface area (TPSA) is 142 Å². The molecule has 0 atom stereocenters. The van der Waals surface area contributed by atoms with E-state index >= 15 is 0 Å². The standard InChI is InChI=1S/C20H24N2O9/c1-3-29-18(24)13-5-7-21(8-6-13)17(23)12-31-20(26)15-9-14(19(25)30-4-2)10-16(11-15)22(27)28/h9-11,13H,3-8,12H2,1-2H3. The number of piperidine rings is 1. The maximum atomic E-state index is 12.3. The maximum Gasteiger partial charge on any atom is 0.338 e. The summed E-state index contributed by atoms with van der Waals surface area (Å²) in [5.74, 6) is -2.81. The number of hydrogen-bond acceptors (Lipinski definition) is 9. The van der Waals surface area contributed by atoms with Crippen molar-refractivity contribution in [1.82, 2.24) is 4.90 Å². The maximum absolute atomic E-state index is 12.3. The van der Waals surface area contributed by atoms with E-state index in [1.807, 2.05) is 0 Å². The zero-order valence-corrected chi connectivity index (χ0v) is 17.3. The second-order valence-corrected chi connectivity index (χ2v) is 6.73. The largest absolute Gasteiger partial charge is 0.466 e. The van der Waals surface area contributed by atoms with Crippen molar-refractivity contribution in [2.24, 2.45) is 5.92 Å². The van der Waals surface area contributed by atoms with Gasteiger partial charge in [-0.3, -0.25) is 19.7 Å². The van der Waals surface area contributed by atoms with Crippen molar-refractivity contribution in [2.45, 2.75) is 26.7 Å². The number of ether oxygens (including phenoxy) is 3. The Hall–Kier alpha value is -3.50. The first-order valence-electron chi connectivity index (χ1n) is 9.84. The number of nitro groups is 1. The quantitative estimate of drug-likeness (QED) is 0.258. The van der Waals surface area contributed by atoms with Crippen molar-refractivity contribution < 1.29 is 38.3 Å². The number of benzene rings is 1. The summed E-state index contributed by atoms with van der Waals surface area (Å²) in [4.78, 5) is 60.1. The summed E-state index contributed by atoms with van der Waals surface area (Å²) in [6.45, 7) is 3.73. The molecule has 1 aromatic rings. The van der Waals surface area contributed by atoms with Crippen LogP contribution in [0, 0.1) is 16.0 Å². The molecule has 11 heteroatoms. The lowest BCUT2D eigenvalue weighted by Gasteiger charge is -2.30. The normalized spacial score (nSPS) is 13.9. The lowest BCUT2D eigenvalue weighted by molar-refractivity contribution is -0.384. The third-order valence-corrected chi connectivity index (χ3v) is 4.67. The van der Waals surface area contributed by atoms with Crippen LogP contribution < -0.4 is 0 Å². The van der Waals surface area contributed by atoms with Crippen LogP contribution in [0.4, 0.5) is 5.69 Å². The van der Waals surface area contributed by atoms with Crippen molar-refractivity contribution >= 4 is 29.5 Å². The lowest BCUT2D eigenvalue weighted by Crippen LogP contribution is -2.42. The number of nitro benzene ring substituents is 1. The van der Waals surface area contributed by atoms with Crippen molar-refractivity contribution in [3.05, 3.63) is 39.4 Å². The van der Waals surface area contributed by atoms with Crippen LogP contribution in [-0.2, 0) is 23.8 Å². The average molecular weight is 436 g/mol. The van der Waals surface area contributed by atoms with Gasteiger partial charge in [-0.15, -0.1) is 0 Å². The van der Waals surface area contributed by atoms with Gasteiger partial charge in [0.15, 0.2) is 6.61 Å².